The molecule has 1 aromatic rings. The van der Waals surface area contributed by atoms with Crippen LogP contribution in [-0.2, 0) is 0 Å². The fraction of sp³-hybridized carbons (Fsp3) is 0.0769. The zero-order valence-corrected chi connectivity index (χ0v) is 7.20. The molecular formula is C13H9. The summed E-state index contributed by atoms with van der Waals surface area (Å²) in [6.07, 6.45) is 10.8. The third-order valence-corrected chi connectivity index (χ3v) is 2.63. The van der Waals surface area contributed by atoms with Crippen molar-refractivity contribution in [1.82, 2.24) is 0 Å². The average molecular weight is 165 g/mol. The van der Waals surface area contributed by atoms with Gasteiger partial charge in [0.05, 0.1) is 0 Å². The van der Waals surface area contributed by atoms with Gasteiger partial charge in [-0.1, -0.05) is 42.5 Å². The van der Waals surface area contributed by atoms with Crippen molar-refractivity contribution >= 4 is 6.08 Å². The van der Waals surface area contributed by atoms with E-state index in [0.29, 0.717) is 5.92 Å². The Labute approximate surface area is 77.9 Å². The van der Waals surface area contributed by atoms with Crippen molar-refractivity contribution in [2.24, 2.45) is 0 Å². The number of hydrogen-bond acceptors (Lipinski definition) is 0. The van der Waals surface area contributed by atoms with Crippen molar-refractivity contribution in [2.75, 3.05) is 0 Å². The topological polar surface area (TPSA) is 0 Å². The molecule has 0 saturated carbocycles. The van der Waals surface area contributed by atoms with Crippen LogP contribution < -0.4 is 0 Å². The van der Waals surface area contributed by atoms with Gasteiger partial charge in [0.15, 0.2) is 0 Å². The number of fused-ring (bicyclic) bond motifs is 3. The zero-order chi connectivity index (χ0) is 8.67. The molecule has 1 unspecified atom stereocenters. The lowest BCUT2D eigenvalue weighted by Crippen LogP contribution is -1.95. The van der Waals surface area contributed by atoms with Crippen LogP contribution >= 0.6 is 0 Å². The molecule has 61 valence electrons. The Morgan fingerprint density at radius 1 is 1.23 bits per heavy atom. The van der Waals surface area contributed by atoms with Crippen LogP contribution in [0.5, 0.6) is 0 Å². The van der Waals surface area contributed by atoms with Gasteiger partial charge in [-0.2, -0.15) is 0 Å². The summed E-state index contributed by atoms with van der Waals surface area (Å²) in [7, 11) is 0. The van der Waals surface area contributed by atoms with Crippen LogP contribution in [0.25, 0.3) is 6.08 Å². The molecule has 0 aliphatic heterocycles. The molecule has 0 nitrogen and oxygen atoms in total. The lowest BCUT2D eigenvalue weighted by atomic mass is 9.93. The maximum atomic E-state index is 3.26. The lowest BCUT2D eigenvalue weighted by Gasteiger charge is -2.11. The van der Waals surface area contributed by atoms with Gasteiger partial charge in [0, 0.05) is 5.92 Å². The van der Waals surface area contributed by atoms with Crippen molar-refractivity contribution in [3.8, 4) is 0 Å². The van der Waals surface area contributed by atoms with E-state index >= 15 is 0 Å². The van der Waals surface area contributed by atoms with Gasteiger partial charge in [-0.3, -0.25) is 0 Å². The normalized spacial score (nSPS) is 22.5. The van der Waals surface area contributed by atoms with E-state index in [1.807, 2.05) is 6.07 Å². The number of rotatable bonds is 0. The molecule has 1 aromatic carbocycles. The SMILES string of the molecule is [c]1cccc2c1C=C1C=CC=CC12. The second kappa shape index (κ2) is 2.46. The van der Waals surface area contributed by atoms with E-state index in [0.717, 1.165) is 0 Å². The third kappa shape index (κ3) is 0.919. The van der Waals surface area contributed by atoms with Gasteiger partial charge in [-0.05, 0) is 28.8 Å². The van der Waals surface area contributed by atoms with Crippen molar-refractivity contribution < 1.29 is 0 Å². The predicted molar refractivity (Wildman–Crippen MR) is 54.3 cm³/mol. The molecular weight excluding hydrogens is 156 g/mol. The summed E-state index contributed by atoms with van der Waals surface area (Å²) in [4.78, 5) is 0. The molecule has 0 aromatic heterocycles. The first-order valence-corrected chi connectivity index (χ1v) is 4.52. The molecule has 2 aliphatic rings. The number of hydrogen-bond donors (Lipinski definition) is 0. The predicted octanol–water partition coefficient (Wildman–Crippen LogP) is 3.09. The van der Waals surface area contributed by atoms with E-state index < -0.39 is 0 Å². The molecule has 13 heavy (non-hydrogen) atoms. The van der Waals surface area contributed by atoms with E-state index in [4.69, 9.17) is 0 Å². The van der Waals surface area contributed by atoms with Crippen LogP contribution in [-0.4, -0.2) is 0 Å². The molecule has 0 bridgehead atoms. The van der Waals surface area contributed by atoms with Crippen molar-refractivity contribution in [2.45, 2.75) is 5.92 Å². The highest BCUT2D eigenvalue weighted by Crippen LogP contribution is 2.38. The van der Waals surface area contributed by atoms with Crippen molar-refractivity contribution in [3.63, 3.8) is 0 Å². The summed E-state index contributed by atoms with van der Waals surface area (Å²) in [6, 6.07) is 9.48. The summed E-state index contributed by atoms with van der Waals surface area (Å²) < 4.78 is 0. The molecule has 0 amide bonds. The Kier molecular flexibility index (Phi) is 1.31. The minimum Gasteiger partial charge on any atom is -0.0726 e. The van der Waals surface area contributed by atoms with Crippen LogP contribution in [0, 0.1) is 6.07 Å². The quantitative estimate of drug-likeness (QED) is 0.554. The van der Waals surface area contributed by atoms with Crippen LogP contribution in [0.1, 0.15) is 17.0 Å². The average Bonchev–Trinajstić information content (AvgIpc) is 2.56. The Hall–Kier alpha value is -1.56. The summed E-state index contributed by atoms with van der Waals surface area (Å²) in [5.74, 6) is 0.484. The molecule has 1 radical (unpaired) electrons. The summed E-state index contributed by atoms with van der Waals surface area (Å²) >= 11 is 0. The second-order valence-corrected chi connectivity index (χ2v) is 3.41. The van der Waals surface area contributed by atoms with Crippen LogP contribution in [0.3, 0.4) is 0 Å². The van der Waals surface area contributed by atoms with E-state index in [1.165, 1.54) is 16.7 Å². The first kappa shape index (κ1) is 6.90. The molecule has 0 saturated heterocycles. The van der Waals surface area contributed by atoms with E-state index in [-0.39, 0.29) is 0 Å². The standard InChI is InChI=1S/C13H9/c1-3-7-12-10(5-1)9-11-6-2-4-8-13(11)12/h1-5,7-9,12H. The first-order valence-electron chi connectivity index (χ1n) is 4.52. The second-order valence-electron chi connectivity index (χ2n) is 3.41. The highest BCUT2D eigenvalue weighted by Gasteiger charge is 2.21. The molecule has 0 heteroatoms. The largest absolute Gasteiger partial charge is 0.0726 e. The lowest BCUT2D eigenvalue weighted by molar-refractivity contribution is 1.05. The smallest absolute Gasteiger partial charge is 0.0278 e. The third-order valence-electron chi connectivity index (χ3n) is 2.63. The van der Waals surface area contributed by atoms with Crippen LogP contribution in [0.4, 0.5) is 0 Å². The summed E-state index contributed by atoms with van der Waals surface area (Å²) in [6.45, 7) is 0. The minimum atomic E-state index is 0.484. The van der Waals surface area contributed by atoms with E-state index in [9.17, 15) is 0 Å². The first-order chi connectivity index (χ1) is 6.45. The van der Waals surface area contributed by atoms with E-state index in [1.54, 1.807) is 0 Å². The molecule has 0 heterocycles. The van der Waals surface area contributed by atoms with Gasteiger partial charge < -0.3 is 0 Å². The van der Waals surface area contributed by atoms with Crippen molar-refractivity contribution in [3.05, 3.63) is 65.3 Å². The zero-order valence-electron chi connectivity index (χ0n) is 7.20. The Morgan fingerprint density at radius 3 is 3.23 bits per heavy atom. The minimum absolute atomic E-state index is 0.484. The maximum Gasteiger partial charge on any atom is 0.0278 e. The van der Waals surface area contributed by atoms with Gasteiger partial charge >= 0.3 is 0 Å². The van der Waals surface area contributed by atoms with E-state index in [2.05, 4.69) is 48.6 Å². The summed E-state index contributed by atoms with van der Waals surface area (Å²) in [5.41, 5.74) is 4.02. The Balaban J connectivity index is 2.22. The Bertz CT molecular complexity index is 433. The van der Waals surface area contributed by atoms with Gasteiger partial charge in [0.2, 0.25) is 0 Å². The fourth-order valence-electron chi connectivity index (χ4n) is 2.00. The molecule has 0 fully saturated rings. The van der Waals surface area contributed by atoms with Gasteiger partial charge in [-0.25, -0.2) is 0 Å². The molecule has 1 atom stereocenters. The highest BCUT2D eigenvalue weighted by molar-refractivity contribution is 5.71. The maximum absolute atomic E-state index is 3.26. The van der Waals surface area contributed by atoms with Gasteiger partial charge in [0.25, 0.3) is 0 Å². The Morgan fingerprint density at radius 2 is 2.23 bits per heavy atom. The summed E-state index contributed by atoms with van der Waals surface area (Å²) in [5, 5.41) is 0. The molecule has 0 N–H and O–H groups in total. The highest BCUT2D eigenvalue weighted by atomic mass is 14.2. The van der Waals surface area contributed by atoms with Gasteiger partial charge in [-0.15, -0.1) is 0 Å². The molecule has 3 rings (SSSR count). The number of benzene rings is 1. The fourth-order valence-corrected chi connectivity index (χ4v) is 2.00. The molecule has 0 spiro atoms. The van der Waals surface area contributed by atoms with Crippen molar-refractivity contribution in [1.29, 1.82) is 0 Å². The van der Waals surface area contributed by atoms with Crippen LogP contribution in [0.2, 0.25) is 0 Å². The number of allylic oxidation sites excluding steroid dienone is 5. The van der Waals surface area contributed by atoms with Gasteiger partial charge in [0.1, 0.15) is 0 Å². The monoisotopic (exact) mass is 165 g/mol. The molecule has 2 aliphatic carbocycles. The van der Waals surface area contributed by atoms with Crippen LogP contribution in [0.15, 0.2) is 48.1 Å².